The minimum absolute atomic E-state index is 0.199. The lowest BCUT2D eigenvalue weighted by Gasteiger charge is -2.16. The number of carbonyl (C=O) groups excluding carboxylic acids is 1. The number of benzene rings is 4. The molecule has 0 aliphatic heterocycles. The number of carboxylic acids is 1. The number of hydrogen-bond donors (Lipinski definition) is 2. The van der Waals surface area contributed by atoms with Gasteiger partial charge in [-0.25, -0.2) is 4.79 Å². The normalized spacial score (nSPS) is 12.0. The van der Waals surface area contributed by atoms with Crippen LogP contribution in [0.3, 0.4) is 0 Å². The van der Waals surface area contributed by atoms with E-state index in [-0.39, 0.29) is 17.5 Å². The van der Waals surface area contributed by atoms with Crippen LogP contribution in [0.1, 0.15) is 50.5 Å². The van der Waals surface area contributed by atoms with Crippen LogP contribution in [0, 0.1) is 0 Å². The Hall–Kier alpha value is -4.75. The lowest BCUT2D eigenvalue weighted by molar-refractivity contribution is 0.0696. The SMILES string of the molecule is C[C@H](NC(=O)c1cc(-c2ccsc2)cc2onc(Cc3ccc4ccccc4c3)c12)c1ccc(C(=O)O)cc1. The van der Waals surface area contributed by atoms with E-state index in [4.69, 9.17) is 4.52 Å². The Morgan fingerprint density at radius 2 is 1.74 bits per heavy atom. The van der Waals surface area contributed by atoms with Gasteiger partial charge in [0.2, 0.25) is 0 Å². The number of carbonyl (C=O) groups is 2. The van der Waals surface area contributed by atoms with Gasteiger partial charge in [-0.2, -0.15) is 11.3 Å². The molecule has 2 heterocycles. The molecular formula is C32H24N2O4S. The molecule has 0 aliphatic carbocycles. The van der Waals surface area contributed by atoms with Gasteiger partial charge in [-0.1, -0.05) is 59.8 Å². The standard InChI is InChI=1S/C32H24N2O4S/c1-19(21-8-10-23(11-9-21)32(36)37)33-31(35)27-16-26(25-12-13-39-18-25)17-29-30(27)28(34-38-29)15-20-6-7-22-4-2-3-5-24(22)14-20/h2-14,16-19H,15H2,1H3,(H,33,35)(H,36,37)/t19-/m0/s1. The summed E-state index contributed by atoms with van der Waals surface area (Å²) in [6.07, 6.45) is 0.516. The fraction of sp³-hybridized carbons (Fsp3) is 0.0938. The molecular weight excluding hydrogens is 508 g/mol. The van der Waals surface area contributed by atoms with Crippen LogP contribution in [0.15, 0.2) is 100 Å². The number of thiophene rings is 1. The summed E-state index contributed by atoms with van der Waals surface area (Å²) in [5, 5.41) is 23.7. The third-order valence-electron chi connectivity index (χ3n) is 6.93. The number of nitrogens with one attached hydrogen (secondary N) is 1. The van der Waals surface area contributed by atoms with E-state index >= 15 is 0 Å². The van der Waals surface area contributed by atoms with Crippen molar-refractivity contribution in [2.45, 2.75) is 19.4 Å². The summed E-state index contributed by atoms with van der Waals surface area (Å²) in [7, 11) is 0. The van der Waals surface area contributed by atoms with E-state index < -0.39 is 5.97 Å². The predicted molar refractivity (Wildman–Crippen MR) is 153 cm³/mol. The molecule has 2 aromatic heterocycles. The van der Waals surface area contributed by atoms with Crippen LogP contribution in [-0.2, 0) is 6.42 Å². The van der Waals surface area contributed by atoms with Gasteiger partial charge in [0.15, 0.2) is 5.58 Å². The zero-order valence-electron chi connectivity index (χ0n) is 21.0. The lowest BCUT2D eigenvalue weighted by Crippen LogP contribution is -2.27. The number of hydrogen-bond acceptors (Lipinski definition) is 5. The molecule has 0 spiro atoms. The number of amides is 1. The Morgan fingerprint density at radius 3 is 2.49 bits per heavy atom. The molecule has 0 saturated carbocycles. The van der Waals surface area contributed by atoms with Crippen molar-refractivity contribution in [3.05, 3.63) is 124 Å². The third-order valence-corrected chi connectivity index (χ3v) is 7.62. The minimum atomic E-state index is -0.989. The van der Waals surface area contributed by atoms with Crippen molar-refractivity contribution >= 4 is 45.0 Å². The summed E-state index contributed by atoms with van der Waals surface area (Å²) >= 11 is 1.58. The minimum Gasteiger partial charge on any atom is -0.478 e. The molecule has 0 saturated heterocycles. The van der Waals surface area contributed by atoms with Crippen LogP contribution >= 0.6 is 11.3 Å². The second-order valence-electron chi connectivity index (χ2n) is 9.52. The maximum Gasteiger partial charge on any atom is 0.335 e. The average molecular weight is 533 g/mol. The highest BCUT2D eigenvalue weighted by atomic mass is 32.1. The maximum absolute atomic E-state index is 13.7. The van der Waals surface area contributed by atoms with Crippen molar-refractivity contribution in [2.75, 3.05) is 0 Å². The van der Waals surface area contributed by atoms with Gasteiger partial charge in [-0.05, 0) is 81.0 Å². The van der Waals surface area contributed by atoms with Crippen molar-refractivity contribution in [1.82, 2.24) is 10.5 Å². The molecule has 0 aliphatic rings. The van der Waals surface area contributed by atoms with Crippen molar-refractivity contribution in [1.29, 1.82) is 0 Å². The van der Waals surface area contributed by atoms with Gasteiger partial charge in [0.05, 0.1) is 28.2 Å². The predicted octanol–water partition coefficient (Wildman–Crippen LogP) is 7.49. The fourth-order valence-corrected chi connectivity index (χ4v) is 5.51. The molecule has 39 heavy (non-hydrogen) atoms. The van der Waals surface area contributed by atoms with Crippen LogP contribution in [-0.4, -0.2) is 22.1 Å². The topological polar surface area (TPSA) is 92.4 Å². The van der Waals surface area contributed by atoms with Crippen LogP contribution in [0.25, 0.3) is 32.9 Å². The van der Waals surface area contributed by atoms with Gasteiger partial charge in [-0.15, -0.1) is 0 Å². The quantitative estimate of drug-likeness (QED) is 0.222. The Kier molecular flexibility index (Phi) is 6.42. The summed E-state index contributed by atoms with van der Waals surface area (Å²) in [5.74, 6) is -1.24. The Balaban J connectivity index is 1.38. The van der Waals surface area contributed by atoms with Crippen LogP contribution in [0.4, 0.5) is 0 Å². The number of aromatic carboxylic acids is 1. The van der Waals surface area contributed by atoms with Gasteiger partial charge in [-0.3, -0.25) is 4.79 Å². The van der Waals surface area contributed by atoms with E-state index in [0.29, 0.717) is 28.6 Å². The highest BCUT2D eigenvalue weighted by Crippen LogP contribution is 2.33. The van der Waals surface area contributed by atoms with E-state index in [1.807, 2.05) is 48.0 Å². The molecule has 0 radical (unpaired) electrons. The Bertz CT molecular complexity index is 1820. The van der Waals surface area contributed by atoms with Crippen LogP contribution < -0.4 is 5.32 Å². The molecule has 4 aromatic carbocycles. The first-order valence-electron chi connectivity index (χ1n) is 12.5. The Morgan fingerprint density at radius 1 is 0.949 bits per heavy atom. The molecule has 6 nitrogen and oxygen atoms in total. The summed E-state index contributed by atoms with van der Waals surface area (Å²) in [6, 6.07) is 26.5. The lowest BCUT2D eigenvalue weighted by atomic mass is 9.97. The molecule has 0 bridgehead atoms. The molecule has 1 atom stereocenters. The average Bonchev–Trinajstić information content (AvgIpc) is 3.63. The van der Waals surface area contributed by atoms with E-state index in [1.165, 1.54) is 12.1 Å². The maximum atomic E-state index is 13.7. The van der Waals surface area contributed by atoms with E-state index in [1.54, 1.807) is 23.5 Å². The van der Waals surface area contributed by atoms with Gasteiger partial charge < -0.3 is 14.9 Å². The van der Waals surface area contributed by atoms with Crippen molar-refractivity contribution in [3.63, 3.8) is 0 Å². The van der Waals surface area contributed by atoms with Crippen molar-refractivity contribution in [3.8, 4) is 11.1 Å². The van der Waals surface area contributed by atoms with Crippen molar-refractivity contribution < 1.29 is 19.2 Å². The van der Waals surface area contributed by atoms with E-state index in [2.05, 4.69) is 40.8 Å². The molecule has 6 rings (SSSR count). The number of carboxylic acid groups (broad SMARTS) is 1. The summed E-state index contributed by atoms with van der Waals surface area (Å²) in [5.41, 5.74) is 5.69. The second kappa shape index (κ2) is 10.2. The van der Waals surface area contributed by atoms with Crippen molar-refractivity contribution in [2.24, 2.45) is 0 Å². The van der Waals surface area contributed by atoms with Gasteiger partial charge in [0.25, 0.3) is 5.91 Å². The molecule has 6 aromatic rings. The molecule has 0 fully saturated rings. The second-order valence-corrected chi connectivity index (χ2v) is 10.3. The monoisotopic (exact) mass is 532 g/mol. The molecule has 1 amide bonds. The smallest absolute Gasteiger partial charge is 0.335 e. The molecule has 0 unspecified atom stereocenters. The molecule has 7 heteroatoms. The summed E-state index contributed by atoms with van der Waals surface area (Å²) < 4.78 is 5.78. The highest BCUT2D eigenvalue weighted by molar-refractivity contribution is 7.08. The summed E-state index contributed by atoms with van der Waals surface area (Å²) in [6.45, 7) is 1.87. The Labute approximate surface area is 228 Å². The van der Waals surface area contributed by atoms with E-state index in [0.717, 1.165) is 33.0 Å². The summed E-state index contributed by atoms with van der Waals surface area (Å²) in [4.78, 5) is 25.0. The highest BCUT2D eigenvalue weighted by Gasteiger charge is 2.22. The first-order valence-corrected chi connectivity index (χ1v) is 13.5. The van der Waals surface area contributed by atoms with Gasteiger partial charge >= 0.3 is 5.97 Å². The van der Waals surface area contributed by atoms with Crippen LogP contribution in [0.2, 0.25) is 0 Å². The first-order chi connectivity index (χ1) is 19.0. The number of rotatable bonds is 7. The number of fused-ring (bicyclic) bond motifs is 2. The third kappa shape index (κ3) is 4.92. The number of aromatic nitrogens is 1. The van der Waals surface area contributed by atoms with Gasteiger partial charge in [0, 0.05) is 6.42 Å². The zero-order chi connectivity index (χ0) is 26.9. The van der Waals surface area contributed by atoms with E-state index in [9.17, 15) is 14.7 Å². The first kappa shape index (κ1) is 24.6. The van der Waals surface area contributed by atoms with Crippen LogP contribution in [0.5, 0.6) is 0 Å². The zero-order valence-corrected chi connectivity index (χ0v) is 21.9. The largest absolute Gasteiger partial charge is 0.478 e. The van der Waals surface area contributed by atoms with Gasteiger partial charge in [0.1, 0.15) is 0 Å². The number of nitrogens with zero attached hydrogens (tertiary/aromatic N) is 1. The molecule has 2 N–H and O–H groups in total. The molecule has 192 valence electrons. The fourth-order valence-electron chi connectivity index (χ4n) is 4.84.